The Hall–Kier alpha value is -1.36. The zero-order chi connectivity index (χ0) is 11.7. The molecule has 0 aliphatic heterocycles. The van der Waals surface area contributed by atoms with E-state index in [1.807, 2.05) is 13.8 Å². The average molecular weight is 241 g/mol. The number of rotatable bonds is 3. The summed E-state index contributed by atoms with van der Waals surface area (Å²) < 4.78 is 1.74. The fourth-order valence-corrected chi connectivity index (χ4v) is 1.75. The quantitative estimate of drug-likeness (QED) is 0.827. The van der Waals surface area contributed by atoms with Crippen molar-refractivity contribution in [3.8, 4) is 0 Å². The van der Waals surface area contributed by atoms with E-state index < -0.39 is 0 Å². The van der Waals surface area contributed by atoms with Crippen molar-refractivity contribution in [2.45, 2.75) is 26.3 Å². The van der Waals surface area contributed by atoms with Crippen molar-refractivity contribution in [1.29, 1.82) is 0 Å². The van der Waals surface area contributed by atoms with E-state index in [1.54, 1.807) is 10.9 Å². The van der Waals surface area contributed by atoms with Gasteiger partial charge in [-0.15, -0.1) is 11.6 Å². The molecule has 2 rings (SSSR count). The van der Waals surface area contributed by atoms with E-state index in [0.29, 0.717) is 29.2 Å². The van der Waals surface area contributed by atoms with Crippen LogP contribution in [0.3, 0.4) is 0 Å². The topological polar surface area (TPSA) is 63.6 Å². The molecule has 0 aromatic carbocycles. The van der Waals surface area contributed by atoms with Gasteiger partial charge in [-0.05, 0) is 13.8 Å². The highest BCUT2D eigenvalue weighted by atomic mass is 35.5. The third kappa shape index (κ3) is 1.82. The molecule has 6 heteroatoms. The number of nitrogens with one attached hydrogen (secondary N) is 1. The predicted octanol–water partition coefficient (Wildman–Crippen LogP) is 1.48. The number of nitrogens with zero attached hydrogens (tertiary/aromatic N) is 3. The zero-order valence-electron chi connectivity index (χ0n) is 9.20. The van der Waals surface area contributed by atoms with Gasteiger partial charge in [0.2, 0.25) is 0 Å². The van der Waals surface area contributed by atoms with Crippen molar-refractivity contribution in [2.75, 3.05) is 5.88 Å². The lowest BCUT2D eigenvalue weighted by atomic mass is 10.3. The molecule has 2 aromatic heterocycles. The highest BCUT2D eigenvalue weighted by molar-refractivity contribution is 6.17. The van der Waals surface area contributed by atoms with Crippen molar-refractivity contribution in [2.24, 2.45) is 0 Å². The summed E-state index contributed by atoms with van der Waals surface area (Å²) in [7, 11) is 0. The third-order valence-corrected chi connectivity index (χ3v) is 2.52. The van der Waals surface area contributed by atoms with Crippen molar-refractivity contribution in [1.82, 2.24) is 19.7 Å². The molecule has 0 saturated heterocycles. The van der Waals surface area contributed by atoms with Gasteiger partial charge in [-0.2, -0.15) is 5.10 Å². The lowest BCUT2D eigenvalue weighted by Crippen LogP contribution is -2.13. The van der Waals surface area contributed by atoms with Crippen LogP contribution in [0, 0.1) is 0 Å². The van der Waals surface area contributed by atoms with Crippen LogP contribution in [0.4, 0.5) is 0 Å². The van der Waals surface area contributed by atoms with Crippen LogP contribution in [0.1, 0.15) is 25.7 Å². The molecular weight excluding hydrogens is 228 g/mol. The number of halogens is 1. The molecule has 2 aromatic rings. The second-order valence-electron chi connectivity index (χ2n) is 3.87. The van der Waals surface area contributed by atoms with Crippen LogP contribution in [0.2, 0.25) is 0 Å². The number of aryl methyl sites for hydroxylation is 1. The number of alkyl halides is 1. The minimum atomic E-state index is -0.156. The molecule has 0 atom stereocenters. The fourth-order valence-electron chi connectivity index (χ4n) is 1.57. The Kier molecular flexibility index (Phi) is 2.96. The maximum atomic E-state index is 11.7. The molecule has 16 heavy (non-hydrogen) atoms. The molecule has 0 fully saturated rings. The Morgan fingerprint density at radius 3 is 2.94 bits per heavy atom. The van der Waals surface area contributed by atoms with Crippen LogP contribution in [0.15, 0.2) is 11.0 Å². The SMILES string of the molecule is CC(C)n1ncc2c(=O)[nH]c(CCCl)nc21. The summed E-state index contributed by atoms with van der Waals surface area (Å²) in [6.07, 6.45) is 2.10. The molecule has 0 aliphatic rings. The largest absolute Gasteiger partial charge is 0.310 e. The Bertz CT molecular complexity index is 557. The summed E-state index contributed by atoms with van der Waals surface area (Å²) in [5.74, 6) is 1.04. The molecule has 2 heterocycles. The Balaban J connectivity index is 2.66. The minimum Gasteiger partial charge on any atom is -0.310 e. The molecule has 0 bridgehead atoms. The van der Waals surface area contributed by atoms with Crippen LogP contribution in [-0.4, -0.2) is 25.6 Å². The molecule has 0 amide bonds. The van der Waals surface area contributed by atoms with Crippen molar-refractivity contribution in [3.63, 3.8) is 0 Å². The standard InChI is InChI=1S/C10H13ClN4O/c1-6(2)15-9-7(5-12-15)10(16)14-8(13-9)3-4-11/h5-6H,3-4H2,1-2H3,(H,13,14,16). The van der Waals surface area contributed by atoms with Gasteiger partial charge in [-0.1, -0.05) is 0 Å². The molecule has 0 saturated carbocycles. The summed E-state index contributed by atoms with van der Waals surface area (Å²) in [4.78, 5) is 18.8. The summed E-state index contributed by atoms with van der Waals surface area (Å²) in [6, 6.07) is 0.177. The number of fused-ring (bicyclic) bond motifs is 1. The number of hydrogen-bond acceptors (Lipinski definition) is 3. The van der Waals surface area contributed by atoms with E-state index in [-0.39, 0.29) is 11.6 Å². The smallest absolute Gasteiger partial charge is 0.262 e. The molecule has 0 unspecified atom stereocenters. The van der Waals surface area contributed by atoms with Crippen LogP contribution in [0.5, 0.6) is 0 Å². The molecule has 1 N–H and O–H groups in total. The van der Waals surface area contributed by atoms with E-state index in [4.69, 9.17) is 11.6 Å². The first-order valence-corrected chi connectivity index (χ1v) is 5.69. The van der Waals surface area contributed by atoms with Crippen LogP contribution < -0.4 is 5.56 Å². The summed E-state index contributed by atoms with van der Waals surface area (Å²) >= 11 is 5.63. The van der Waals surface area contributed by atoms with Crippen molar-refractivity contribution < 1.29 is 0 Å². The van der Waals surface area contributed by atoms with Gasteiger partial charge in [0.25, 0.3) is 5.56 Å². The lowest BCUT2D eigenvalue weighted by Gasteiger charge is -2.06. The van der Waals surface area contributed by atoms with Gasteiger partial charge in [0.15, 0.2) is 5.65 Å². The normalized spacial score (nSPS) is 11.5. The van der Waals surface area contributed by atoms with Crippen LogP contribution in [-0.2, 0) is 6.42 Å². The van der Waals surface area contributed by atoms with Gasteiger partial charge in [-0.3, -0.25) is 4.79 Å². The van der Waals surface area contributed by atoms with Gasteiger partial charge in [0, 0.05) is 18.3 Å². The van der Waals surface area contributed by atoms with Gasteiger partial charge in [0.1, 0.15) is 11.2 Å². The number of aromatic nitrogens is 4. The Morgan fingerprint density at radius 2 is 2.31 bits per heavy atom. The number of H-pyrrole nitrogens is 1. The van der Waals surface area contributed by atoms with Crippen LogP contribution in [0.25, 0.3) is 11.0 Å². The van der Waals surface area contributed by atoms with E-state index >= 15 is 0 Å². The molecule has 86 valence electrons. The first-order valence-electron chi connectivity index (χ1n) is 5.16. The van der Waals surface area contributed by atoms with Crippen LogP contribution >= 0.6 is 11.6 Å². The maximum Gasteiger partial charge on any atom is 0.262 e. The van der Waals surface area contributed by atoms with E-state index in [0.717, 1.165) is 0 Å². The maximum absolute atomic E-state index is 11.7. The lowest BCUT2D eigenvalue weighted by molar-refractivity contribution is 0.545. The van der Waals surface area contributed by atoms with E-state index in [2.05, 4.69) is 15.1 Å². The molecular formula is C10H13ClN4O. The summed E-state index contributed by atoms with van der Waals surface area (Å²) in [5, 5.41) is 4.68. The van der Waals surface area contributed by atoms with E-state index in [9.17, 15) is 4.79 Å². The first-order chi connectivity index (χ1) is 7.63. The van der Waals surface area contributed by atoms with Gasteiger partial charge >= 0.3 is 0 Å². The summed E-state index contributed by atoms with van der Waals surface area (Å²) in [6.45, 7) is 3.99. The fraction of sp³-hybridized carbons (Fsp3) is 0.500. The molecule has 0 aliphatic carbocycles. The van der Waals surface area contributed by atoms with Gasteiger partial charge < -0.3 is 4.98 Å². The second-order valence-corrected chi connectivity index (χ2v) is 4.25. The number of hydrogen-bond donors (Lipinski definition) is 1. The predicted molar refractivity (Wildman–Crippen MR) is 63.0 cm³/mol. The van der Waals surface area contributed by atoms with Crippen molar-refractivity contribution in [3.05, 3.63) is 22.4 Å². The molecule has 0 radical (unpaired) electrons. The monoisotopic (exact) mass is 240 g/mol. The van der Waals surface area contributed by atoms with Gasteiger partial charge in [-0.25, -0.2) is 9.67 Å². The second kappa shape index (κ2) is 4.25. The number of aromatic amines is 1. The minimum absolute atomic E-state index is 0.156. The average Bonchev–Trinajstić information content (AvgIpc) is 2.62. The highest BCUT2D eigenvalue weighted by Crippen LogP contribution is 2.12. The molecule has 0 spiro atoms. The van der Waals surface area contributed by atoms with Crippen molar-refractivity contribution >= 4 is 22.6 Å². The first kappa shape index (κ1) is 11.1. The Morgan fingerprint density at radius 1 is 1.56 bits per heavy atom. The van der Waals surface area contributed by atoms with E-state index in [1.165, 1.54) is 0 Å². The molecule has 5 nitrogen and oxygen atoms in total. The third-order valence-electron chi connectivity index (χ3n) is 2.33. The Labute approximate surface area is 97.4 Å². The highest BCUT2D eigenvalue weighted by Gasteiger charge is 2.11. The van der Waals surface area contributed by atoms with Gasteiger partial charge in [0.05, 0.1) is 6.20 Å². The summed E-state index contributed by atoms with van der Waals surface area (Å²) in [5.41, 5.74) is 0.468. The zero-order valence-corrected chi connectivity index (χ0v) is 9.95.